The quantitative estimate of drug-likeness (QED) is 0.0323. The highest BCUT2D eigenvalue weighted by atomic mass is 16.3. The number of aliphatic hydroxyl groups excluding tert-OH is 9. The Morgan fingerprint density at radius 2 is 0.481 bits per heavy atom. The van der Waals surface area contributed by atoms with Crippen LogP contribution in [0.4, 0.5) is 0 Å². The van der Waals surface area contributed by atoms with E-state index in [0.717, 1.165) is 38.5 Å². The van der Waals surface area contributed by atoms with E-state index in [2.05, 4.69) is 0 Å². The minimum atomic E-state index is -1.01. The fourth-order valence-corrected chi connectivity index (χ4v) is 5.96. The van der Waals surface area contributed by atoms with Crippen molar-refractivity contribution in [1.29, 1.82) is 0 Å². The number of unbranched alkanes of at least 4 members (excludes halogenated alkanes) is 2. The molecule has 0 heterocycles. The summed E-state index contributed by atoms with van der Waals surface area (Å²) in [5, 5.41) is 81.2. The summed E-state index contributed by atoms with van der Waals surface area (Å²) in [6.45, 7) is 43.7. The number of carbonyl (C=O) groups excluding carboxylic acids is 8. The van der Waals surface area contributed by atoms with Crippen molar-refractivity contribution in [3.8, 4) is 0 Å². The standard InChI is InChI=1S/2C9H18O2.C8H16O3.2C8H16O2.3C7H14O2.CH4/c2*1-4-5-6-8(10)9(11)7(2)3;1-8(2,3)7(11)6(10)4-5-9;2*1-4-5-7(9)8(10)6(2)3;3*1-4-6(8)7(9)5(2)3;/h2*7-8,10H,4-6H2,1-3H3;6,9-10H,4-5H2,1-3H3;2*6-7,9H,4-5H2,1-3H3;3*5-6,8H,4H2,1-3H3;1H4/t2*8-;;2*7-;2*6-;;/m10.1010../s1. The molecule has 17 heteroatoms. The smallest absolute Gasteiger partial charge is 0.166 e. The molecular weight excluding hydrogens is 1040 g/mol. The lowest BCUT2D eigenvalue weighted by atomic mass is 9.87. The molecule has 0 rings (SSSR count). The predicted octanol–water partition coefficient (Wildman–Crippen LogP) is 10.2. The molecule has 0 aliphatic heterocycles. The summed E-state index contributed by atoms with van der Waals surface area (Å²) in [7, 11) is 0. The van der Waals surface area contributed by atoms with Crippen molar-refractivity contribution in [2.24, 2.45) is 46.8 Å². The van der Waals surface area contributed by atoms with Crippen LogP contribution in [0.25, 0.3) is 0 Å². The maximum absolute atomic E-state index is 11.2. The first kappa shape index (κ1) is 97.1. The zero-order valence-electron chi connectivity index (χ0n) is 55.1. The van der Waals surface area contributed by atoms with Crippen LogP contribution in [0.5, 0.6) is 0 Å². The van der Waals surface area contributed by atoms with E-state index in [9.17, 15) is 48.6 Å². The highest BCUT2D eigenvalue weighted by molar-refractivity contribution is 5.88. The van der Waals surface area contributed by atoms with Gasteiger partial charge in [-0.25, -0.2) is 0 Å². The van der Waals surface area contributed by atoms with E-state index in [0.29, 0.717) is 44.9 Å². The summed E-state index contributed by atoms with van der Waals surface area (Å²) >= 11 is 0. The Labute approximate surface area is 494 Å². The Morgan fingerprint density at radius 3 is 0.605 bits per heavy atom. The van der Waals surface area contributed by atoms with Crippen molar-refractivity contribution < 1.29 is 84.3 Å². The lowest BCUT2D eigenvalue weighted by molar-refractivity contribution is -0.135. The number of ketones is 8. The fourth-order valence-electron chi connectivity index (χ4n) is 5.96. The molecular formula is C64H130O17. The van der Waals surface area contributed by atoms with E-state index in [1.165, 1.54) is 0 Å². The third-order valence-electron chi connectivity index (χ3n) is 11.7. The topological polar surface area (TPSA) is 319 Å². The van der Waals surface area contributed by atoms with Gasteiger partial charge in [0.05, 0.1) is 0 Å². The van der Waals surface area contributed by atoms with Gasteiger partial charge < -0.3 is 46.0 Å². The first-order valence-electron chi connectivity index (χ1n) is 29.9. The second-order valence-electron chi connectivity index (χ2n) is 23.2. The van der Waals surface area contributed by atoms with Gasteiger partial charge in [0.1, 0.15) is 48.8 Å². The molecule has 9 N–H and O–H groups in total. The fraction of sp³-hybridized carbons (Fsp3) is 0.875. The van der Waals surface area contributed by atoms with Crippen LogP contribution >= 0.6 is 0 Å². The predicted molar refractivity (Wildman–Crippen MR) is 330 cm³/mol. The molecule has 0 fully saturated rings. The van der Waals surface area contributed by atoms with Crippen LogP contribution in [0, 0.1) is 46.8 Å². The van der Waals surface area contributed by atoms with Crippen LogP contribution in [-0.2, 0) is 38.4 Å². The summed E-state index contributed by atoms with van der Waals surface area (Å²) in [5.74, 6) is -0.814. The van der Waals surface area contributed by atoms with Crippen LogP contribution in [0.1, 0.15) is 263 Å². The Balaban J connectivity index is -0.000000104. The first-order chi connectivity index (χ1) is 36.5. The molecule has 0 bridgehead atoms. The molecule has 0 spiro atoms. The molecule has 0 aromatic carbocycles. The van der Waals surface area contributed by atoms with Gasteiger partial charge in [-0.05, 0) is 44.9 Å². The Hall–Kier alpha value is -3.00. The number of rotatable bonds is 30. The van der Waals surface area contributed by atoms with Crippen LogP contribution in [0.15, 0.2) is 0 Å². The molecule has 0 aliphatic carbocycles. The number of Topliss-reactive ketones (excluding diaryl/α,β-unsaturated/α-hetero) is 8. The van der Waals surface area contributed by atoms with E-state index >= 15 is 0 Å². The molecule has 0 aromatic rings. The van der Waals surface area contributed by atoms with E-state index in [-0.39, 0.29) is 108 Å². The molecule has 8 atom stereocenters. The molecule has 81 heavy (non-hydrogen) atoms. The normalized spacial score (nSPS) is 13.7. The van der Waals surface area contributed by atoms with Gasteiger partial charge in [0, 0.05) is 59.9 Å². The molecule has 0 radical (unpaired) electrons. The van der Waals surface area contributed by atoms with Crippen molar-refractivity contribution in [2.75, 3.05) is 6.61 Å². The van der Waals surface area contributed by atoms with E-state index in [4.69, 9.17) is 35.7 Å². The first-order valence-corrected chi connectivity index (χ1v) is 29.9. The minimum absolute atomic E-state index is 0. The molecule has 0 aromatic heterocycles. The van der Waals surface area contributed by atoms with Crippen molar-refractivity contribution in [3.63, 3.8) is 0 Å². The third-order valence-corrected chi connectivity index (χ3v) is 11.7. The van der Waals surface area contributed by atoms with Gasteiger partial charge in [-0.1, -0.05) is 212 Å². The maximum atomic E-state index is 11.2. The van der Waals surface area contributed by atoms with Gasteiger partial charge in [0.25, 0.3) is 0 Å². The average molecular weight is 1170 g/mol. The van der Waals surface area contributed by atoms with Crippen LogP contribution in [0.2, 0.25) is 0 Å². The van der Waals surface area contributed by atoms with Gasteiger partial charge in [-0.3, -0.25) is 38.4 Å². The zero-order valence-corrected chi connectivity index (χ0v) is 55.1. The number of aliphatic hydroxyl groups is 9. The lowest BCUT2D eigenvalue weighted by Crippen LogP contribution is -2.32. The lowest BCUT2D eigenvalue weighted by Gasteiger charge is -2.19. The minimum Gasteiger partial charge on any atom is -0.396 e. The van der Waals surface area contributed by atoms with Crippen LogP contribution in [-0.4, -0.2) is 148 Å². The van der Waals surface area contributed by atoms with Gasteiger partial charge in [-0.15, -0.1) is 0 Å². The Morgan fingerprint density at radius 1 is 0.296 bits per heavy atom. The van der Waals surface area contributed by atoms with Gasteiger partial charge in [-0.2, -0.15) is 0 Å². The SMILES string of the molecule is C.CC(C)(C)C(=O)C(O)CCO.CCC(O)C(=O)C(C)C.CCCC[C@@H](O)C(=O)C(C)C.CCCC[C@H](O)C(=O)C(C)C.CCC[C@@H](O)C(=O)C(C)C.CCC[C@H](O)C(=O)C(C)C.CC[C@@H](O)C(=O)C(C)C.CC[C@H](O)C(=O)C(C)C. The summed E-state index contributed by atoms with van der Waals surface area (Å²) in [6, 6.07) is 0. The van der Waals surface area contributed by atoms with E-state index < -0.39 is 54.2 Å². The van der Waals surface area contributed by atoms with E-state index in [1.54, 1.807) is 111 Å². The average Bonchev–Trinajstić information content (AvgIpc) is 3.39. The largest absolute Gasteiger partial charge is 0.396 e. The summed E-state index contributed by atoms with van der Waals surface area (Å²) < 4.78 is 0. The maximum Gasteiger partial charge on any atom is 0.166 e. The molecule has 2 unspecified atom stereocenters. The second kappa shape index (κ2) is 58.8. The summed E-state index contributed by atoms with van der Waals surface area (Å²) in [4.78, 5) is 87.8. The van der Waals surface area contributed by atoms with Gasteiger partial charge >= 0.3 is 0 Å². The van der Waals surface area contributed by atoms with Crippen LogP contribution in [0.3, 0.4) is 0 Å². The molecule has 0 saturated heterocycles. The number of hydrogen-bond acceptors (Lipinski definition) is 17. The summed E-state index contributed by atoms with van der Waals surface area (Å²) in [5.41, 5.74) is -0.519. The molecule has 488 valence electrons. The van der Waals surface area contributed by atoms with Crippen molar-refractivity contribution >= 4 is 46.3 Å². The summed E-state index contributed by atoms with van der Waals surface area (Å²) in [6.07, 6.45) is 3.61. The van der Waals surface area contributed by atoms with E-state index in [1.807, 2.05) is 55.4 Å². The molecule has 17 nitrogen and oxygen atoms in total. The zero-order chi connectivity index (χ0) is 65.4. The highest BCUT2D eigenvalue weighted by Crippen LogP contribution is 2.18. The third kappa shape index (κ3) is 58.6. The molecule has 0 saturated carbocycles. The highest BCUT2D eigenvalue weighted by Gasteiger charge is 2.27. The number of carbonyl (C=O) groups is 8. The Kier molecular flexibility index (Phi) is 70.5. The molecule has 0 amide bonds. The monoisotopic (exact) mass is 1170 g/mol. The van der Waals surface area contributed by atoms with Crippen LogP contribution < -0.4 is 0 Å². The number of hydrogen-bond donors (Lipinski definition) is 9. The van der Waals surface area contributed by atoms with Crippen molar-refractivity contribution in [3.05, 3.63) is 0 Å². The second-order valence-corrected chi connectivity index (χ2v) is 23.2. The van der Waals surface area contributed by atoms with Crippen molar-refractivity contribution in [2.45, 2.75) is 312 Å². The van der Waals surface area contributed by atoms with Gasteiger partial charge in [0.2, 0.25) is 0 Å². The van der Waals surface area contributed by atoms with Crippen molar-refractivity contribution in [1.82, 2.24) is 0 Å². The van der Waals surface area contributed by atoms with Gasteiger partial charge in [0.15, 0.2) is 46.3 Å². The molecule has 0 aliphatic rings. The Bertz CT molecular complexity index is 1440.